The van der Waals surface area contributed by atoms with E-state index in [9.17, 15) is 9.59 Å². The summed E-state index contributed by atoms with van der Waals surface area (Å²) >= 11 is 0. The van der Waals surface area contributed by atoms with Gasteiger partial charge in [0.2, 0.25) is 29.3 Å². The minimum absolute atomic E-state index is 0.143. The van der Waals surface area contributed by atoms with Crippen LogP contribution in [-0.2, 0) is 4.79 Å². The van der Waals surface area contributed by atoms with Crippen molar-refractivity contribution in [1.29, 1.82) is 0 Å². The topological polar surface area (TPSA) is 99.6 Å². The molecule has 2 rings (SSSR count). The first-order valence-electron chi connectivity index (χ1n) is 7.00. The van der Waals surface area contributed by atoms with Crippen molar-refractivity contribution in [3.8, 4) is 17.5 Å². The van der Waals surface area contributed by atoms with Crippen molar-refractivity contribution in [2.24, 2.45) is 0 Å². The number of ketones is 1. The number of hydrogen-bond donors (Lipinski definition) is 1. The fourth-order valence-electron chi connectivity index (χ4n) is 1.84. The number of nitrogens with zero attached hydrogens (tertiary/aromatic N) is 2. The molecule has 0 spiro atoms. The minimum atomic E-state index is -0.543. The molecule has 0 atom stereocenters. The summed E-state index contributed by atoms with van der Waals surface area (Å²) in [6.07, 6.45) is -0.400. The number of methoxy groups -OCH3 is 3. The molecule has 24 heavy (non-hydrogen) atoms. The largest absolute Gasteiger partial charge is 0.497 e. The lowest BCUT2D eigenvalue weighted by molar-refractivity contribution is -0.115. The van der Waals surface area contributed by atoms with Crippen molar-refractivity contribution in [3.63, 3.8) is 0 Å². The third-order valence-corrected chi connectivity index (χ3v) is 3.04. The first-order chi connectivity index (χ1) is 11.5. The quantitative estimate of drug-likeness (QED) is 0.609. The maximum atomic E-state index is 12.2. The molecule has 126 valence electrons. The van der Waals surface area contributed by atoms with Gasteiger partial charge in [-0.2, -0.15) is 9.97 Å². The smallest absolute Gasteiger partial charge is 0.232 e. The van der Waals surface area contributed by atoms with Crippen molar-refractivity contribution in [2.45, 2.75) is 6.42 Å². The van der Waals surface area contributed by atoms with Gasteiger partial charge in [-0.3, -0.25) is 9.59 Å². The van der Waals surface area contributed by atoms with Crippen LogP contribution in [0.25, 0.3) is 0 Å². The van der Waals surface area contributed by atoms with Gasteiger partial charge in [0.1, 0.15) is 5.75 Å². The number of aromatic nitrogens is 2. The molecule has 1 N–H and O–H groups in total. The normalized spacial score (nSPS) is 9.96. The maximum absolute atomic E-state index is 12.2. The maximum Gasteiger partial charge on any atom is 0.232 e. The number of ether oxygens (including phenoxy) is 3. The van der Waals surface area contributed by atoms with E-state index in [2.05, 4.69) is 15.3 Å². The minimum Gasteiger partial charge on any atom is -0.497 e. The van der Waals surface area contributed by atoms with Crippen LogP contribution in [0.5, 0.6) is 17.5 Å². The number of carbonyl (C=O) groups excluding carboxylic acids is 2. The van der Waals surface area contributed by atoms with Gasteiger partial charge in [0.25, 0.3) is 0 Å². The standard InChI is InChI=1S/C16H17N3O5/c1-22-11-6-4-10(5-7-11)17-13(21)8-12(20)16-18-14(23-2)9-15(19-16)24-3/h4-7,9H,8H2,1-3H3,(H,17,21). The van der Waals surface area contributed by atoms with E-state index >= 15 is 0 Å². The lowest BCUT2D eigenvalue weighted by atomic mass is 10.2. The van der Waals surface area contributed by atoms with Crippen molar-refractivity contribution in [3.05, 3.63) is 36.2 Å². The molecule has 0 fully saturated rings. The Hall–Kier alpha value is -3.16. The average molecular weight is 331 g/mol. The van der Waals surface area contributed by atoms with Crippen LogP contribution in [0.15, 0.2) is 30.3 Å². The molecule has 0 bridgehead atoms. The van der Waals surface area contributed by atoms with E-state index in [1.165, 1.54) is 20.3 Å². The number of rotatable bonds is 7. The van der Waals surface area contributed by atoms with Crippen molar-refractivity contribution in [1.82, 2.24) is 9.97 Å². The lowest BCUT2D eigenvalue weighted by Crippen LogP contribution is -2.18. The molecule has 2 aromatic rings. The summed E-state index contributed by atoms with van der Waals surface area (Å²) in [5.74, 6) is -0.132. The molecule has 1 amide bonds. The Morgan fingerprint density at radius 3 is 2.04 bits per heavy atom. The predicted molar refractivity (Wildman–Crippen MR) is 85.7 cm³/mol. The summed E-state index contributed by atoms with van der Waals surface area (Å²) in [4.78, 5) is 32.0. The third kappa shape index (κ3) is 4.42. The highest BCUT2D eigenvalue weighted by molar-refractivity contribution is 6.09. The van der Waals surface area contributed by atoms with Crippen LogP contribution in [0.2, 0.25) is 0 Å². The monoisotopic (exact) mass is 331 g/mol. The van der Waals surface area contributed by atoms with Crippen LogP contribution in [0.4, 0.5) is 5.69 Å². The predicted octanol–water partition coefficient (Wildman–Crippen LogP) is 1.71. The van der Waals surface area contributed by atoms with Crippen LogP contribution >= 0.6 is 0 Å². The van der Waals surface area contributed by atoms with E-state index in [-0.39, 0.29) is 17.6 Å². The molecule has 1 aromatic heterocycles. The molecular weight excluding hydrogens is 314 g/mol. The second-order valence-electron chi connectivity index (χ2n) is 4.65. The molecule has 1 heterocycles. The van der Waals surface area contributed by atoms with Crippen LogP contribution in [-0.4, -0.2) is 43.0 Å². The Kier molecular flexibility index (Phi) is 5.67. The Balaban J connectivity index is 2.04. The lowest BCUT2D eigenvalue weighted by Gasteiger charge is -2.07. The Bertz CT molecular complexity index is 709. The summed E-state index contributed by atoms with van der Waals surface area (Å²) in [6.45, 7) is 0. The summed E-state index contributed by atoms with van der Waals surface area (Å²) < 4.78 is 15.0. The number of Topliss-reactive ketones (excluding diaryl/α,β-unsaturated/α-hetero) is 1. The van der Waals surface area contributed by atoms with E-state index < -0.39 is 18.1 Å². The highest BCUT2D eigenvalue weighted by Crippen LogP contribution is 2.17. The van der Waals surface area contributed by atoms with E-state index in [4.69, 9.17) is 14.2 Å². The molecule has 0 aliphatic heterocycles. The fraction of sp³-hybridized carbons (Fsp3) is 0.250. The van der Waals surface area contributed by atoms with Gasteiger partial charge in [0.05, 0.1) is 33.8 Å². The molecule has 0 aliphatic carbocycles. The number of benzene rings is 1. The Labute approximate surface area is 138 Å². The highest BCUT2D eigenvalue weighted by atomic mass is 16.5. The fourth-order valence-corrected chi connectivity index (χ4v) is 1.84. The van der Waals surface area contributed by atoms with Crippen LogP contribution in [0, 0.1) is 0 Å². The molecule has 1 aromatic carbocycles. The van der Waals surface area contributed by atoms with E-state index in [0.29, 0.717) is 11.4 Å². The van der Waals surface area contributed by atoms with Gasteiger partial charge in [-0.15, -0.1) is 0 Å². The van der Waals surface area contributed by atoms with Crippen molar-refractivity contribution in [2.75, 3.05) is 26.6 Å². The zero-order valence-electron chi connectivity index (χ0n) is 13.5. The molecule has 0 radical (unpaired) electrons. The molecule has 8 heteroatoms. The number of amides is 1. The number of anilines is 1. The molecule has 0 unspecified atom stereocenters. The van der Waals surface area contributed by atoms with Gasteiger partial charge < -0.3 is 19.5 Å². The number of hydrogen-bond acceptors (Lipinski definition) is 7. The Morgan fingerprint density at radius 1 is 0.958 bits per heavy atom. The van der Waals surface area contributed by atoms with Crippen LogP contribution in [0.1, 0.15) is 17.0 Å². The first-order valence-corrected chi connectivity index (χ1v) is 7.00. The van der Waals surface area contributed by atoms with Crippen molar-refractivity contribution < 1.29 is 23.8 Å². The van der Waals surface area contributed by atoms with Crippen LogP contribution in [0.3, 0.4) is 0 Å². The summed E-state index contributed by atoms with van der Waals surface area (Å²) in [6, 6.07) is 8.19. The average Bonchev–Trinajstić information content (AvgIpc) is 2.61. The van der Waals surface area contributed by atoms with Crippen LogP contribution < -0.4 is 19.5 Å². The van der Waals surface area contributed by atoms with E-state index in [1.807, 2.05) is 0 Å². The Morgan fingerprint density at radius 2 is 1.54 bits per heavy atom. The van der Waals surface area contributed by atoms with Gasteiger partial charge in [-0.05, 0) is 24.3 Å². The summed E-state index contributed by atoms with van der Waals surface area (Å²) in [5, 5.41) is 2.62. The van der Waals surface area contributed by atoms with Gasteiger partial charge in [-0.1, -0.05) is 0 Å². The number of nitrogens with one attached hydrogen (secondary N) is 1. The van der Waals surface area contributed by atoms with Gasteiger partial charge in [-0.25, -0.2) is 0 Å². The molecule has 0 saturated heterocycles. The molecular formula is C16H17N3O5. The third-order valence-electron chi connectivity index (χ3n) is 3.04. The first kappa shape index (κ1) is 17.2. The van der Waals surface area contributed by atoms with Crippen molar-refractivity contribution >= 4 is 17.4 Å². The molecule has 0 aliphatic rings. The summed E-state index contributed by atoms with van der Waals surface area (Å²) in [7, 11) is 4.37. The van der Waals surface area contributed by atoms with E-state index in [1.54, 1.807) is 31.4 Å². The zero-order valence-corrected chi connectivity index (χ0v) is 13.5. The van der Waals surface area contributed by atoms with E-state index in [0.717, 1.165) is 0 Å². The van der Waals surface area contributed by atoms with Gasteiger partial charge >= 0.3 is 0 Å². The highest BCUT2D eigenvalue weighted by Gasteiger charge is 2.17. The zero-order chi connectivity index (χ0) is 17.5. The number of carbonyl (C=O) groups is 2. The van der Waals surface area contributed by atoms with Gasteiger partial charge in [0.15, 0.2) is 0 Å². The summed E-state index contributed by atoms with van der Waals surface area (Å²) in [5.41, 5.74) is 0.553. The second kappa shape index (κ2) is 7.91. The SMILES string of the molecule is COc1ccc(NC(=O)CC(=O)c2nc(OC)cc(OC)n2)cc1. The van der Waals surface area contributed by atoms with Gasteiger partial charge in [0, 0.05) is 5.69 Å². The molecule has 0 saturated carbocycles. The molecule has 8 nitrogen and oxygen atoms in total. The second-order valence-corrected chi connectivity index (χ2v) is 4.65.